The summed E-state index contributed by atoms with van der Waals surface area (Å²) in [7, 11) is 0. The second-order valence-electron chi connectivity index (χ2n) is 6.26. The van der Waals surface area contributed by atoms with Gasteiger partial charge in [0.15, 0.2) is 5.82 Å². The zero-order valence-electron chi connectivity index (χ0n) is 11.7. The molecule has 2 saturated carbocycles. The Hall–Kier alpha value is -1.98. The first kappa shape index (κ1) is 12.7. The lowest BCUT2D eigenvalue weighted by atomic mass is 9.98. The van der Waals surface area contributed by atoms with Crippen LogP contribution < -0.4 is 5.73 Å². The van der Waals surface area contributed by atoms with E-state index in [-0.39, 0.29) is 5.69 Å². The molecule has 110 valence electrons. The zero-order chi connectivity index (χ0) is 14.4. The molecule has 2 aliphatic rings. The summed E-state index contributed by atoms with van der Waals surface area (Å²) in [5.41, 5.74) is 6.54. The van der Waals surface area contributed by atoms with E-state index < -0.39 is 5.82 Å². The second kappa shape index (κ2) is 4.79. The predicted molar refractivity (Wildman–Crippen MR) is 76.6 cm³/mol. The molecule has 0 spiro atoms. The molecule has 0 radical (unpaired) electrons. The molecule has 2 aromatic rings. The van der Waals surface area contributed by atoms with Crippen LogP contribution >= 0.6 is 0 Å². The molecule has 0 aliphatic heterocycles. The Morgan fingerprint density at radius 1 is 1.24 bits per heavy atom. The van der Waals surface area contributed by atoms with Gasteiger partial charge in [-0.2, -0.15) is 0 Å². The third-order valence-electron chi connectivity index (χ3n) is 4.62. The number of hydrogen-bond donors (Lipinski definition) is 1. The van der Waals surface area contributed by atoms with E-state index in [0.717, 1.165) is 23.9 Å². The second-order valence-corrected chi connectivity index (χ2v) is 6.26. The van der Waals surface area contributed by atoms with Crippen LogP contribution in [0.3, 0.4) is 0 Å². The van der Waals surface area contributed by atoms with Gasteiger partial charge in [-0.25, -0.2) is 9.07 Å². The van der Waals surface area contributed by atoms with E-state index in [1.165, 1.54) is 31.7 Å². The Balaban J connectivity index is 1.61. The van der Waals surface area contributed by atoms with Crippen molar-refractivity contribution < 1.29 is 4.39 Å². The molecule has 4 rings (SSSR count). The fourth-order valence-electron chi connectivity index (χ4n) is 3.15. The summed E-state index contributed by atoms with van der Waals surface area (Å²) in [5, 5.41) is 12.0. The number of hydrogen-bond acceptors (Lipinski definition) is 4. The average molecular weight is 287 g/mol. The molecule has 1 heterocycles. The summed E-state index contributed by atoms with van der Waals surface area (Å²) in [6.45, 7) is 0.856. The van der Waals surface area contributed by atoms with Crippen LogP contribution in [0.25, 0.3) is 11.4 Å². The van der Waals surface area contributed by atoms with Gasteiger partial charge in [-0.05, 0) is 72.1 Å². The van der Waals surface area contributed by atoms with Crippen LogP contribution in [0, 0.1) is 23.6 Å². The molecule has 21 heavy (non-hydrogen) atoms. The maximum atomic E-state index is 13.3. The maximum absolute atomic E-state index is 13.3. The number of nitrogens with two attached hydrogens (primary N) is 1. The molecule has 0 amide bonds. The summed E-state index contributed by atoms with van der Waals surface area (Å²) in [5.74, 6) is 2.63. The summed E-state index contributed by atoms with van der Waals surface area (Å²) in [6.07, 6.45) is 5.34. The minimum Gasteiger partial charge on any atom is -0.396 e. The normalized spacial score (nSPS) is 18.4. The highest BCUT2D eigenvalue weighted by molar-refractivity contribution is 5.61. The molecule has 0 bridgehead atoms. The Labute approximate surface area is 122 Å². The van der Waals surface area contributed by atoms with E-state index in [4.69, 9.17) is 5.73 Å². The van der Waals surface area contributed by atoms with Gasteiger partial charge in [0, 0.05) is 12.1 Å². The molecule has 2 aliphatic carbocycles. The van der Waals surface area contributed by atoms with Crippen molar-refractivity contribution in [2.45, 2.75) is 32.2 Å². The zero-order valence-corrected chi connectivity index (χ0v) is 11.7. The monoisotopic (exact) mass is 287 g/mol. The SMILES string of the molecule is Nc1cc(-c2nnnn2CC(C2CC2)C2CC2)ccc1F. The van der Waals surface area contributed by atoms with Crippen LogP contribution in [-0.2, 0) is 6.54 Å². The van der Waals surface area contributed by atoms with Gasteiger partial charge in [-0.3, -0.25) is 0 Å². The van der Waals surface area contributed by atoms with Crippen molar-refractivity contribution >= 4 is 5.69 Å². The highest BCUT2D eigenvalue weighted by Gasteiger charge is 2.41. The predicted octanol–water partition coefficient (Wildman–Crippen LogP) is 2.50. The highest BCUT2D eigenvalue weighted by Crippen LogP contribution is 2.50. The largest absolute Gasteiger partial charge is 0.396 e. The molecule has 1 aromatic carbocycles. The number of rotatable bonds is 5. The van der Waals surface area contributed by atoms with Gasteiger partial charge in [-0.15, -0.1) is 5.10 Å². The van der Waals surface area contributed by atoms with Gasteiger partial charge in [0.1, 0.15) is 5.82 Å². The van der Waals surface area contributed by atoms with Crippen molar-refractivity contribution in [1.82, 2.24) is 20.2 Å². The third-order valence-corrected chi connectivity index (χ3v) is 4.62. The first-order chi connectivity index (χ1) is 10.2. The van der Waals surface area contributed by atoms with Crippen LogP contribution in [0.5, 0.6) is 0 Å². The minimum atomic E-state index is -0.411. The summed E-state index contributed by atoms with van der Waals surface area (Å²) in [6, 6.07) is 4.64. The van der Waals surface area contributed by atoms with Gasteiger partial charge in [0.25, 0.3) is 0 Å². The number of tetrazole rings is 1. The number of nitrogen functional groups attached to an aromatic ring is 1. The van der Waals surface area contributed by atoms with Gasteiger partial charge in [0.05, 0.1) is 5.69 Å². The number of aromatic nitrogens is 4. The van der Waals surface area contributed by atoms with Crippen LogP contribution in [0.1, 0.15) is 25.7 Å². The van der Waals surface area contributed by atoms with E-state index in [9.17, 15) is 4.39 Å². The lowest BCUT2D eigenvalue weighted by Crippen LogP contribution is -2.17. The maximum Gasteiger partial charge on any atom is 0.182 e. The van der Waals surface area contributed by atoms with Gasteiger partial charge in [-0.1, -0.05) is 0 Å². The Kier molecular flexibility index (Phi) is 2.90. The van der Waals surface area contributed by atoms with Crippen molar-refractivity contribution in [1.29, 1.82) is 0 Å². The molecular formula is C15H18FN5. The van der Waals surface area contributed by atoms with Crippen LogP contribution in [0.15, 0.2) is 18.2 Å². The summed E-state index contributed by atoms with van der Waals surface area (Å²) < 4.78 is 15.2. The Bertz CT molecular complexity index is 648. The first-order valence-corrected chi connectivity index (χ1v) is 7.54. The number of halogens is 1. The fourth-order valence-corrected chi connectivity index (χ4v) is 3.15. The summed E-state index contributed by atoms with van der Waals surface area (Å²) >= 11 is 0. The average Bonchev–Trinajstić information content (AvgIpc) is 3.39. The Morgan fingerprint density at radius 3 is 2.57 bits per heavy atom. The molecular weight excluding hydrogens is 269 g/mol. The van der Waals surface area contributed by atoms with E-state index in [0.29, 0.717) is 11.7 Å². The van der Waals surface area contributed by atoms with Gasteiger partial charge < -0.3 is 5.73 Å². The van der Waals surface area contributed by atoms with Gasteiger partial charge in [0.2, 0.25) is 0 Å². The number of anilines is 1. The van der Waals surface area contributed by atoms with E-state index in [1.807, 2.05) is 4.68 Å². The fraction of sp³-hybridized carbons (Fsp3) is 0.533. The molecule has 6 heteroatoms. The van der Waals surface area contributed by atoms with Crippen molar-refractivity contribution in [3.63, 3.8) is 0 Å². The van der Waals surface area contributed by atoms with E-state index >= 15 is 0 Å². The van der Waals surface area contributed by atoms with E-state index in [2.05, 4.69) is 15.5 Å². The molecule has 2 N–H and O–H groups in total. The van der Waals surface area contributed by atoms with E-state index in [1.54, 1.807) is 12.1 Å². The minimum absolute atomic E-state index is 0.128. The Morgan fingerprint density at radius 2 is 1.95 bits per heavy atom. The van der Waals surface area contributed by atoms with Crippen LogP contribution in [-0.4, -0.2) is 20.2 Å². The van der Waals surface area contributed by atoms with Crippen molar-refractivity contribution in [2.24, 2.45) is 17.8 Å². The van der Waals surface area contributed by atoms with Crippen molar-refractivity contribution in [2.75, 3.05) is 5.73 Å². The first-order valence-electron chi connectivity index (χ1n) is 7.54. The molecule has 0 saturated heterocycles. The quantitative estimate of drug-likeness (QED) is 0.858. The molecule has 0 unspecified atom stereocenters. The molecule has 2 fully saturated rings. The topological polar surface area (TPSA) is 69.6 Å². The lowest BCUT2D eigenvalue weighted by Gasteiger charge is -2.16. The molecule has 5 nitrogen and oxygen atoms in total. The van der Waals surface area contributed by atoms with Crippen molar-refractivity contribution in [3.05, 3.63) is 24.0 Å². The standard InChI is InChI=1S/C15H18FN5/c16-13-6-5-11(7-14(13)17)15-18-19-20-21(15)8-12(9-1-2-9)10-3-4-10/h5-7,9-10,12H,1-4,8,17H2. The highest BCUT2D eigenvalue weighted by atomic mass is 19.1. The molecule has 1 aromatic heterocycles. The van der Waals surface area contributed by atoms with Crippen molar-refractivity contribution in [3.8, 4) is 11.4 Å². The molecule has 0 atom stereocenters. The third kappa shape index (κ3) is 2.50. The van der Waals surface area contributed by atoms with Crippen LogP contribution in [0.2, 0.25) is 0 Å². The van der Waals surface area contributed by atoms with Crippen LogP contribution in [0.4, 0.5) is 10.1 Å². The van der Waals surface area contributed by atoms with Gasteiger partial charge >= 0.3 is 0 Å². The number of nitrogens with zero attached hydrogens (tertiary/aromatic N) is 4. The lowest BCUT2D eigenvalue weighted by molar-refractivity contribution is 0.331. The number of benzene rings is 1. The smallest absolute Gasteiger partial charge is 0.182 e. The summed E-state index contributed by atoms with van der Waals surface area (Å²) in [4.78, 5) is 0.